The fourth-order valence-corrected chi connectivity index (χ4v) is 4.31. The van der Waals surface area contributed by atoms with E-state index in [0.717, 1.165) is 56.3 Å². The molecule has 138 valence electrons. The Hall–Kier alpha value is -2.14. The van der Waals surface area contributed by atoms with Crippen molar-refractivity contribution in [2.75, 3.05) is 13.1 Å². The highest BCUT2D eigenvalue weighted by Crippen LogP contribution is 2.29. The highest BCUT2D eigenvalue weighted by atomic mass is 16.4. The molecular formula is C21H26N2O3. The summed E-state index contributed by atoms with van der Waals surface area (Å²) in [5, 5.41) is 4.17. The molecule has 1 unspecified atom stereocenters. The van der Waals surface area contributed by atoms with E-state index in [1.54, 1.807) is 6.07 Å². The van der Waals surface area contributed by atoms with Gasteiger partial charge in [-0.3, -0.25) is 9.69 Å². The molecule has 1 aliphatic heterocycles. The molecule has 1 saturated heterocycles. The molecule has 1 atom stereocenters. The predicted molar refractivity (Wildman–Crippen MR) is 101 cm³/mol. The van der Waals surface area contributed by atoms with Crippen LogP contribution in [0.1, 0.15) is 49.3 Å². The molecule has 5 heteroatoms. The maximum Gasteiger partial charge on any atom is 0.336 e. The molecule has 0 saturated carbocycles. The fourth-order valence-electron chi connectivity index (χ4n) is 4.31. The minimum Gasteiger partial charge on any atom is -0.423 e. The molecule has 4 rings (SSSR count). The average Bonchev–Trinajstić information content (AvgIpc) is 3.07. The van der Waals surface area contributed by atoms with E-state index in [-0.39, 0.29) is 17.6 Å². The van der Waals surface area contributed by atoms with E-state index in [9.17, 15) is 9.59 Å². The molecule has 2 aliphatic rings. The molecule has 26 heavy (non-hydrogen) atoms. The van der Waals surface area contributed by atoms with Crippen LogP contribution in [0.2, 0.25) is 0 Å². The van der Waals surface area contributed by atoms with E-state index >= 15 is 0 Å². The summed E-state index contributed by atoms with van der Waals surface area (Å²) in [5.74, 6) is 0.109. The van der Waals surface area contributed by atoms with Gasteiger partial charge in [0.05, 0.1) is 0 Å². The van der Waals surface area contributed by atoms with Crippen molar-refractivity contribution in [3.8, 4) is 0 Å². The van der Waals surface area contributed by atoms with E-state index in [0.29, 0.717) is 12.0 Å². The van der Waals surface area contributed by atoms with Gasteiger partial charge in [0, 0.05) is 37.0 Å². The zero-order valence-electron chi connectivity index (χ0n) is 15.3. The van der Waals surface area contributed by atoms with Crippen molar-refractivity contribution in [3.63, 3.8) is 0 Å². The first kappa shape index (κ1) is 17.3. The molecule has 2 aromatic rings. The van der Waals surface area contributed by atoms with Crippen LogP contribution in [0.3, 0.4) is 0 Å². The highest BCUT2D eigenvalue weighted by Gasteiger charge is 2.22. The van der Waals surface area contributed by atoms with Crippen LogP contribution >= 0.6 is 0 Å². The number of hydrogen-bond donors (Lipinski definition) is 1. The summed E-state index contributed by atoms with van der Waals surface area (Å²) in [6.07, 6.45) is 5.96. The Balaban J connectivity index is 1.58. The fraction of sp³-hybridized carbons (Fsp3) is 0.524. The smallest absolute Gasteiger partial charge is 0.336 e. The maximum atomic E-state index is 12.1. The number of likely N-dealkylation sites (tertiary alicyclic amines) is 1. The summed E-state index contributed by atoms with van der Waals surface area (Å²) >= 11 is 0. The number of piperidine rings is 1. The molecule has 1 aromatic carbocycles. The Labute approximate surface area is 153 Å². The van der Waals surface area contributed by atoms with Crippen LogP contribution in [0.15, 0.2) is 27.4 Å². The predicted octanol–water partition coefficient (Wildman–Crippen LogP) is 2.77. The summed E-state index contributed by atoms with van der Waals surface area (Å²) in [7, 11) is 0. The normalized spacial score (nSPS) is 20.3. The summed E-state index contributed by atoms with van der Waals surface area (Å²) in [5.41, 5.74) is 4.17. The van der Waals surface area contributed by atoms with Crippen molar-refractivity contribution in [3.05, 3.63) is 45.3 Å². The molecule has 1 amide bonds. The molecule has 0 radical (unpaired) electrons. The monoisotopic (exact) mass is 354 g/mol. The van der Waals surface area contributed by atoms with Crippen molar-refractivity contribution < 1.29 is 9.21 Å². The third-order valence-corrected chi connectivity index (χ3v) is 5.63. The SMILES string of the molecule is CCC(=O)NC1CCCN(Cc2cc(=O)oc3cc4c(cc23)CCC4)C1. The van der Waals surface area contributed by atoms with Crippen molar-refractivity contribution in [2.45, 2.75) is 58.0 Å². The molecule has 5 nitrogen and oxygen atoms in total. The largest absolute Gasteiger partial charge is 0.423 e. The Bertz CT molecular complexity index is 887. The number of carbonyl (C=O) groups excluding carboxylic acids is 1. The summed E-state index contributed by atoms with van der Waals surface area (Å²) in [4.78, 5) is 26.1. The van der Waals surface area contributed by atoms with Crippen molar-refractivity contribution >= 4 is 16.9 Å². The van der Waals surface area contributed by atoms with Gasteiger partial charge < -0.3 is 9.73 Å². The first-order valence-electron chi connectivity index (χ1n) is 9.72. The van der Waals surface area contributed by atoms with Crippen LogP contribution in [0.5, 0.6) is 0 Å². The van der Waals surface area contributed by atoms with Crippen LogP contribution in [0, 0.1) is 0 Å². The van der Waals surface area contributed by atoms with Crippen LogP contribution < -0.4 is 10.9 Å². The number of benzene rings is 1. The zero-order chi connectivity index (χ0) is 18.1. The van der Waals surface area contributed by atoms with E-state index < -0.39 is 0 Å². The van der Waals surface area contributed by atoms with E-state index in [1.807, 2.05) is 6.92 Å². The van der Waals surface area contributed by atoms with Crippen molar-refractivity contribution in [1.82, 2.24) is 10.2 Å². The molecule has 0 bridgehead atoms. The molecule has 1 fully saturated rings. The van der Waals surface area contributed by atoms with Crippen LogP contribution in [0.4, 0.5) is 0 Å². The molecular weight excluding hydrogens is 328 g/mol. The van der Waals surface area contributed by atoms with Gasteiger partial charge in [0.1, 0.15) is 5.58 Å². The van der Waals surface area contributed by atoms with Crippen LogP contribution in [-0.4, -0.2) is 29.9 Å². The first-order chi connectivity index (χ1) is 12.6. The molecule has 2 heterocycles. The third-order valence-electron chi connectivity index (χ3n) is 5.63. The summed E-state index contributed by atoms with van der Waals surface area (Å²) in [6.45, 7) is 4.42. The number of rotatable bonds is 4. The maximum absolute atomic E-state index is 12.1. The quantitative estimate of drug-likeness (QED) is 0.858. The lowest BCUT2D eigenvalue weighted by molar-refractivity contribution is -0.121. The number of amides is 1. The van der Waals surface area contributed by atoms with Crippen molar-refractivity contribution in [1.29, 1.82) is 0 Å². The van der Waals surface area contributed by atoms with Crippen molar-refractivity contribution in [2.24, 2.45) is 0 Å². The molecule has 1 aliphatic carbocycles. The standard InChI is InChI=1S/C21H26N2O3/c1-2-20(24)22-17-7-4-8-23(13-17)12-16-11-21(25)26-19-10-15-6-3-5-14(15)9-18(16)19/h9-11,17H,2-8,12-13H2,1H3,(H,22,24). The minimum atomic E-state index is -0.279. The van der Waals surface area contributed by atoms with Gasteiger partial charge in [-0.1, -0.05) is 6.92 Å². The molecule has 1 aromatic heterocycles. The Morgan fingerprint density at radius 3 is 2.85 bits per heavy atom. The molecule has 1 N–H and O–H groups in total. The molecule has 0 spiro atoms. The second-order valence-corrected chi connectivity index (χ2v) is 7.56. The van der Waals surface area contributed by atoms with Gasteiger partial charge in [-0.2, -0.15) is 0 Å². The lowest BCUT2D eigenvalue weighted by atomic mass is 10.0. The second-order valence-electron chi connectivity index (χ2n) is 7.56. The number of aryl methyl sites for hydroxylation is 2. The van der Waals surface area contributed by atoms with E-state index in [4.69, 9.17) is 4.42 Å². The Morgan fingerprint density at radius 2 is 2.04 bits per heavy atom. The number of nitrogens with one attached hydrogen (secondary N) is 1. The number of hydrogen-bond acceptors (Lipinski definition) is 4. The topological polar surface area (TPSA) is 62.6 Å². The lowest BCUT2D eigenvalue weighted by Gasteiger charge is -2.33. The van der Waals surface area contributed by atoms with Gasteiger partial charge in [-0.15, -0.1) is 0 Å². The Kier molecular flexibility index (Phi) is 4.81. The van der Waals surface area contributed by atoms with E-state index in [2.05, 4.69) is 22.3 Å². The lowest BCUT2D eigenvalue weighted by Crippen LogP contribution is -2.47. The minimum absolute atomic E-state index is 0.109. The first-order valence-corrected chi connectivity index (χ1v) is 9.72. The van der Waals surface area contributed by atoms with Gasteiger partial charge >= 0.3 is 5.63 Å². The second kappa shape index (κ2) is 7.23. The highest BCUT2D eigenvalue weighted by molar-refractivity contribution is 5.82. The number of fused-ring (bicyclic) bond motifs is 2. The summed E-state index contributed by atoms with van der Waals surface area (Å²) < 4.78 is 5.47. The van der Waals surface area contributed by atoms with Gasteiger partial charge in [-0.05, 0) is 67.5 Å². The van der Waals surface area contributed by atoms with Crippen LogP contribution in [0.25, 0.3) is 11.0 Å². The van der Waals surface area contributed by atoms with Gasteiger partial charge in [0.15, 0.2) is 0 Å². The third kappa shape index (κ3) is 3.54. The Morgan fingerprint density at radius 1 is 1.23 bits per heavy atom. The zero-order valence-corrected chi connectivity index (χ0v) is 15.3. The van der Waals surface area contributed by atoms with Gasteiger partial charge in [0.2, 0.25) is 5.91 Å². The number of nitrogens with zero attached hydrogens (tertiary/aromatic N) is 1. The summed E-state index contributed by atoms with van der Waals surface area (Å²) in [6, 6.07) is 6.11. The average molecular weight is 354 g/mol. The van der Waals surface area contributed by atoms with Gasteiger partial charge in [-0.25, -0.2) is 4.79 Å². The van der Waals surface area contributed by atoms with E-state index in [1.165, 1.54) is 17.5 Å². The van der Waals surface area contributed by atoms with Crippen LogP contribution in [-0.2, 0) is 24.2 Å². The number of carbonyl (C=O) groups is 1. The van der Waals surface area contributed by atoms with Gasteiger partial charge in [0.25, 0.3) is 0 Å².